The van der Waals surface area contributed by atoms with E-state index in [0.29, 0.717) is 0 Å². The van der Waals surface area contributed by atoms with Crippen LogP contribution in [0.5, 0.6) is 5.75 Å². The maximum absolute atomic E-state index is 11.2. The third-order valence-electron chi connectivity index (χ3n) is 4.88. The van der Waals surface area contributed by atoms with Crippen LogP contribution in [0.15, 0.2) is 36.4 Å². The summed E-state index contributed by atoms with van der Waals surface area (Å²) in [6.45, 7) is 11.8. The van der Waals surface area contributed by atoms with E-state index >= 15 is 0 Å². The number of rotatable bonds is 9. The molecule has 1 N–H and O–H groups in total. The van der Waals surface area contributed by atoms with E-state index in [1.165, 1.54) is 0 Å². The predicted molar refractivity (Wildman–Crippen MR) is 106 cm³/mol. The largest absolute Gasteiger partial charge is 0.496 e. The van der Waals surface area contributed by atoms with Crippen molar-refractivity contribution in [2.75, 3.05) is 26.7 Å². The molecular formula is C22H33NO2. The summed E-state index contributed by atoms with van der Waals surface area (Å²) in [5, 5.41) is 13.3. The fourth-order valence-electron chi connectivity index (χ4n) is 3.70. The summed E-state index contributed by atoms with van der Waals surface area (Å²) >= 11 is 0. The smallest absolute Gasteiger partial charge is 0.126 e. The summed E-state index contributed by atoms with van der Waals surface area (Å²) in [4.78, 5) is 2.47. The minimum Gasteiger partial charge on any atom is -0.496 e. The highest BCUT2D eigenvalue weighted by Gasteiger charge is 2.32. The van der Waals surface area contributed by atoms with Gasteiger partial charge in [-0.25, -0.2) is 0 Å². The Morgan fingerprint density at radius 1 is 1.00 bits per heavy atom. The quantitative estimate of drug-likeness (QED) is 0.693. The van der Waals surface area contributed by atoms with Gasteiger partial charge in [0.2, 0.25) is 0 Å². The fraction of sp³-hybridized carbons (Fsp3) is 0.545. The van der Waals surface area contributed by atoms with E-state index in [4.69, 9.17) is 4.74 Å². The van der Waals surface area contributed by atoms with Crippen LogP contribution in [0.2, 0.25) is 0 Å². The average Bonchev–Trinajstić information content (AvgIpc) is 2.60. The summed E-state index contributed by atoms with van der Waals surface area (Å²) in [7, 11) is 1.69. The molecule has 0 aliphatic rings. The van der Waals surface area contributed by atoms with Gasteiger partial charge >= 0.3 is 0 Å². The van der Waals surface area contributed by atoms with Crippen LogP contribution in [-0.4, -0.2) is 36.8 Å². The zero-order valence-electron chi connectivity index (χ0n) is 16.4. The number of benzene rings is 2. The van der Waals surface area contributed by atoms with Crippen LogP contribution in [0.4, 0.5) is 0 Å². The maximum atomic E-state index is 11.2. The average molecular weight is 344 g/mol. The Labute approximate surface area is 152 Å². The first-order valence-corrected chi connectivity index (χ1v) is 9.40. The lowest BCUT2D eigenvalue weighted by atomic mass is 9.80. The van der Waals surface area contributed by atoms with Crippen molar-refractivity contribution in [3.8, 4) is 5.75 Å². The molecule has 3 heteroatoms. The Kier molecular flexibility index (Phi) is 6.86. The van der Waals surface area contributed by atoms with Gasteiger partial charge in [0.05, 0.1) is 13.2 Å². The van der Waals surface area contributed by atoms with E-state index < -0.39 is 6.10 Å². The summed E-state index contributed by atoms with van der Waals surface area (Å²) in [6.07, 6.45) is 1.74. The van der Waals surface area contributed by atoms with E-state index in [2.05, 4.69) is 44.7 Å². The molecule has 0 radical (unpaired) electrons. The van der Waals surface area contributed by atoms with Crippen LogP contribution < -0.4 is 4.74 Å². The summed E-state index contributed by atoms with van der Waals surface area (Å²) in [5.41, 5.74) is 0.746. The van der Waals surface area contributed by atoms with Gasteiger partial charge in [-0.15, -0.1) is 0 Å². The van der Waals surface area contributed by atoms with Gasteiger partial charge in [-0.05, 0) is 42.9 Å². The molecule has 138 valence electrons. The molecule has 3 nitrogen and oxygen atoms in total. The monoisotopic (exact) mass is 343 g/mol. The number of fused-ring (bicyclic) bond motifs is 1. The number of hydrogen-bond donors (Lipinski definition) is 1. The molecule has 2 aromatic rings. The second-order valence-electron chi connectivity index (χ2n) is 7.57. The van der Waals surface area contributed by atoms with E-state index in [-0.39, 0.29) is 5.41 Å². The minimum atomic E-state index is -0.528. The van der Waals surface area contributed by atoms with E-state index in [1.54, 1.807) is 7.11 Å². The molecule has 0 amide bonds. The van der Waals surface area contributed by atoms with Crippen LogP contribution in [0, 0.1) is 5.41 Å². The molecule has 0 spiro atoms. The fourth-order valence-corrected chi connectivity index (χ4v) is 3.70. The minimum absolute atomic E-state index is 0.234. The van der Waals surface area contributed by atoms with Crippen LogP contribution in [0.3, 0.4) is 0 Å². The first-order valence-electron chi connectivity index (χ1n) is 9.40. The number of aliphatic hydroxyl groups excluding tert-OH is 1. The number of ether oxygens (including phenoxy) is 1. The Hall–Kier alpha value is -1.58. The van der Waals surface area contributed by atoms with Crippen molar-refractivity contribution in [3.63, 3.8) is 0 Å². The molecule has 0 unspecified atom stereocenters. The summed E-state index contributed by atoms with van der Waals surface area (Å²) in [5.74, 6) is 0.850. The zero-order valence-corrected chi connectivity index (χ0v) is 16.4. The highest BCUT2D eigenvalue weighted by atomic mass is 16.5. The molecule has 0 aliphatic carbocycles. The van der Waals surface area contributed by atoms with Crippen molar-refractivity contribution < 1.29 is 9.84 Å². The van der Waals surface area contributed by atoms with Crippen LogP contribution in [0.1, 0.15) is 52.2 Å². The third kappa shape index (κ3) is 4.53. The van der Waals surface area contributed by atoms with E-state index in [1.807, 2.05) is 24.3 Å². The molecule has 0 aromatic heterocycles. The second-order valence-corrected chi connectivity index (χ2v) is 7.57. The van der Waals surface area contributed by atoms with Crippen molar-refractivity contribution in [2.45, 2.75) is 46.6 Å². The van der Waals surface area contributed by atoms with Gasteiger partial charge in [0.25, 0.3) is 0 Å². The highest BCUT2D eigenvalue weighted by molar-refractivity contribution is 5.91. The van der Waals surface area contributed by atoms with E-state index in [0.717, 1.165) is 54.6 Å². The molecule has 2 rings (SSSR count). The highest BCUT2D eigenvalue weighted by Crippen LogP contribution is 2.39. The number of aliphatic hydroxyl groups is 1. The standard InChI is InChI=1S/C22H33NO2/c1-6-14-23(15-7-2)16-22(3,4)21(24)19-12-13-20(25-5)18-11-9-8-10-17(18)19/h8-13,21,24H,6-7,14-16H2,1-5H3/t21-/m1/s1. The van der Waals surface area contributed by atoms with Gasteiger partial charge in [-0.2, -0.15) is 0 Å². The predicted octanol–water partition coefficient (Wildman–Crippen LogP) is 5.03. The lowest BCUT2D eigenvalue weighted by Gasteiger charge is -2.37. The normalized spacial score (nSPS) is 13.4. The first kappa shape index (κ1) is 19.7. The molecule has 0 bridgehead atoms. The summed E-state index contributed by atoms with van der Waals surface area (Å²) < 4.78 is 5.49. The van der Waals surface area contributed by atoms with Gasteiger partial charge in [0.15, 0.2) is 0 Å². The van der Waals surface area contributed by atoms with Crippen molar-refractivity contribution in [1.82, 2.24) is 4.90 Å². The molecular weight excluding hydrogens is 310 g/mol. The van der Waals surface area contributed by atoms with Gasteiger partial charge < -0.3 is 14.7 Å². The number of hydrogen-bond acceptors (Lipinski definition) is 3. The SMILES string of the molecule is CCCN(CCC)CC(C)(C)[C@H](O)c1ccc(OC)c2ccccc12. The lowest BCUT2D eigenvalue weighted by Crippen LogP contribution is -2.39. The molecule has 0 fully saturated rings. The second kappa shape index (κ2) is 8.68. The Morgan fingerprint density at radius 2 is 1.60 bits per heavy atom. The molecule has 0 aliphatic heterocycles. The van der Waals surface area contributed by atoms with Gasteiger partial charge in [0, 0.05) is 17.3 Å². The first-order chi connectivity index (χ1) is 11.9. The maximum Gasteiger partial charge on any atom is 0.126 e. The molecule has 1 atom stereocenters. The Balaban J connectivity index is 2.35. The van der Waals surface area contributed by atoms with Gasteiger partial charge in [0.1, 0.15) is 5.75 Å². The topological polar surface area (TPSA) is 32.7 Å². The zero-order chi connectivity index (χ0) is 18.4. The van der Waals surface area contributed by atoms with Gasteiger partial charge in [-0.3, -0.25) is 0 Å². The number of methoxy groups -OCH3 is 1. The van der Waals surface area contributed by atoms with Crippen LogP contribution >= 0.6 is 0 Å². The van der Waals surface area contributed by atoms with Crippen molar-refractivity contribution in [1.29, 1.82) is 0 Å². The van der Waals surface area contributed by atoms with Crippen LogP contribution in [-0.2, 0) is 0 Å². The lowest BCUT2D eigenvalue weighted by molar-refractivity contribution is 0.0211. The summed E-state index contributed by atoms with van der Waals surface area (Å²) in [6, 6.07) is 12.1. The van der Waals surface area contributed by atoms with Crippen molar-refractivity contribution in [2.24, 2.45) is 5.41 Å². The van der Waals surface area contributed by atoms with Gasteiger partial charge in [-0.1, -0.05) is 58.0 Å². The number of nitrogens with zero attached hydrogens (tertiary/aromatic N) is 1. The molecule has 0 saturated carbocycles. The Morgan fingerprint density at radius 3 is 2.16 bits per heavy atom. The Bertz CT molecular complexity index is 675. The third-order valence-corrected chi connectivity index (χ3v) is 4.88. The van der Waals surface area contributed by atoms with E-state index in [9.17, 15) is 5.11 Å². The van der Waals surface area contributed by atoms with Crippen LogP contribution in [0.25, 0.3) is 10.8 Å². The van der Waals surface area contributed by atoms with Crippen molar-refractivity contribution >= 4 is 10.8 Å². The molecule has 2 aromatic carbocycles. The molecule has 0 saturated heterocycles. The molecule has 25 heavy (non-hydrogen) atoms. The molecule has 0 heterocycles. The van der Waals surface area contributed by atoms with Crippen molar-refractivity contribution in [3.05, 3.63) is 42.0 Å².